The SMILES string of the molecule is COc1ccc(OC)c(NC(=O)C(=O)N/N=C(/C)CC(=O)Nc2ccc(OCc3ccccc3)cc2)c1. The minimum atomic E-state index is -1.00. The molecule has 3 rings (SSSR count). The molecule has 0 saturated carbocycles. The van der Waals surface area contributed by atoms with Crippen molar-refractivity contribution >= 4 is 34.8 Å². The second kappa shape index (κ2) is 13.3. The number of rotatable bonds is 10. The first-order valence-corrected chi connectivity index (χ1v) is 11.3. The number of anilines is 2. The number of hydrazone groups is 1. The molecule has 3 aromatic carbocycles. The lowest BCUT2D eigenvalue weighted by atomic mass is 10.2. The van der Waals surface area contributed by atoms with Crippen molar-refractivity contribution in [1.29, 1.82) is 0 Å². The normalized spacial score (nSPS) is 10.7. The quantitative estimate of drug-likeness (QED) is 0.219. The van der Waals surface area contributed by atoms with Gasteiger partial charge in [0, 0.05) is 17.5 Å². The summed E-state index contributed by atoms with van der Waals surface area (Å²) in [5.41, 5.74) is 4.35. The lowest BCUT2D eigenvalue weighted by Crippen LogP contribution is -2.33. The summed E-state index contributed by atoms with van der Waals surface area (Å²) in [5.74, 6) is -0.788. The number of carbonyl (C=O) groups is 3. The molecular weight excluding hydrogens is 476 g/mol. The summed E-state index contributed by atoms with van der Waals surface area (Å²) in [7, 11) is 2.91. The molecule has 3 aromatic rings. The Bertz CT molecular complexity index is 1260. The minimum Gasteiger partial charge on any atom is -0.497 e. The molecule has 37 heavy (non-hydrogen) atoms. The molecule has 0 heterocycles. The van der Waals surface area contributed by atoms with Crippen LogP contribution in [0.25, 0.3) is 0 Å². The molecule has 0 bridgehead atoms. The summed E-state index contributed by atoms with van der Waals surface area (Å²) in [6, 6.07) is 21.5. The number of hydrogen-bond acceptors (Lipinski definition) is 7. The fourth-order valence-electron chi connectivity index (χ4n) is 3.14. The standard InChI is InChI=1S/C27H28N4O6/c1-18(30-31-27(34)26(33)29-23-16-22(35-2)13-14-24(23)36-3)15-25(32)28-20-9-11-21(12-10-20)37-17-19-7-5-4-6-8-19/h4-14,16H,15,17H2,1-3H3,(H,28,32)(H,29,33)(H,31,34)/b30-18-. The highest BCUT2D eigenvalue weighted by Crippen LogP contribution is 2.28. The van der Waals surface area contributed by atoms with Gasteiger partial charge in [-0.05, 0) is 48.9 Å². The lowest BCUT2D eigenvalue weighted by molar-refractivity contribution is -0.136. The van der Waals surface area contributed by atoms with Crippen molar-refractivity contribution in [2.75, 3.05) is 24.9 Å². The van der Waals surface area contributed by atoms with Gasteiger partial charge in [0.25, 0.3) is 0 Å². The summed E-state index contributed by atoms with van der Waals surface area (Å²) in [4.78, 5) is 36.7. The van der Waals surface area contributed by atoms with E-state index in [1.807, 2.05) is 30.3 Å². The van der Waals surface area contributed by atoms with E-state index in [2.05, 4.69) is 21.2 Å². The topological polar surface area (TPSA) is 127 Å². The van der Waals surface area contributed by atoms with Crippen molar-refractivity contribution in [3.8, 4) is 17.2 Å². The number of benzene rings is 3. The largest absolute Gasteiger partial charge is 0.497 e. The number of amides is 3. The molecule has 3 N–H and O–H groups in total. The Balaban J connectivity index is 1.46. The molecule has 192 valence electrons. The zero-order valence-corrected chi connectivity index (χ0v) is 20.7. The van der Waals surface area contributed by atoms with Crippen LogP contribution < -0.4 is 30.3 Å². The highest BCUT2D eigenvalue weighted by atomic mass is 16.5. The van der Waals surface area contributed by atoms with Crippen LogP contribution in [0, 0.1) is 0 Å². The van der Waals surface area contributed by atoms with E-state index in [1.165, 1.54) is 20.3 Å². The number of nitrogens with zero attached hydrogens (tertiary/aromatic N) is 1. The van der Waals surface area contributed by atoms with Gasteiger partial charge in [0.1, 0.15) is 23.9 Å². The second-order valence-corrected chi connectivity index (χ2v) is 7.83. The zero-order chi connectivity index (χ0) is 26.6. The van der Waals surface area contributed by atoms with E-state index in [-0.39, 0.29) is 18.0 Å². The maximum Gasteiger partial charge on any atom is 0.329 e. The summed E-state index contributed by atoms with van der Waals surface area (Å²) in [5, 5.41) is 9.02. The Kier molecular flexibility index (Phi) is 9.60. The number of ether oxygens (including phenoxy) is 3. The monoisotopic (exact) mass is 504 g/mol. The van der Waals surface area contributed by atoms with Gasteiger partial charge in [-0.1, -0.05) is 30.3 Å². The minimum absolute atomic E-state index is 0.0855. The lowest BCUT2D eigenvalue weighted by Gasteiger charge is -2.11. The maximum atomic E-state index is 12.3. The van der Waals surface area contributed by atoms with E-state index in [0.717, 1.165) is 5.56 Å². The van der Waals surface area contributed by atoms with E-state index in [1.54, 1.807) is 43.3 Å². The highest BCUT2D eigenvalue weighted by Gasteiger charge is 2.16. The number of hydrogen-bond donors (Lipinski definition) is 3. The average molecular weight is 505 g/mol. The van der Waals surface area contributed by atoms with E-state index in [9.17, 15) is 14.4 Å². The molecule has 0 radical (unpaired) electrons. The van der Waals surface area contributed by atoms with Gasteiger partial charge in [0.05, 0.1) is 26.3 Å². The van der Waals surface area contributed by atoms with Gasteiger partial charge >= 0.3 is 11.8 Å². The molecule has 0 aliphatic rings. The van der Waals surface area contributed by atoms with Crippen molar-refractivity contribution in [3.05, 3.63) is 78.4 Å². The van der Waals surface area contributed by atoms with Gasteiger partial charge in [0.2, 0.25) is 5.91 Å². The van der Waals surface area contributed by atoms with Crippen LogP contribution in [0.5, 0.6) is 17.2 Å². The van der Waals surface area contributed by atoms with Gasteiger partial charge in [-0.3, -0.25) is 14.4 Å². The maximum absolute atomic E-state index is 12.3. The highest BCUT2D eigenvalue weighted by molar-refractivity contribution is 6.39. The van der Waals surface area contributed by atoms with E-state index < -0.39 is 11.8 Å². The number of methoxy groups -OCH3 is 2. The van der Waals surface area contributed by atoms with Gasteiger partial charge in [0.15, 0.2) is 0 Å². The Hall–Kier alpha value is -4.86. The Morgan fingerprint density at radius 2 is 1.51 bits per heavy atom. The third-order valence-electron chi connectivity index (χ3n) is 5.01. The molecule has 10 heteroatoms. The fraction of sp³-hybridized carbons (Fsp3) is 0.185. The molecule has 10 nitrogen and oxygen atoms in total. The van der Waals surface area contributed by atoms with Crippen LogP contribution in [0.4, 0.5) is 11.4 Å². The van der Waals surface area contributed by atoms with Crippen LogP contribution in [-0.2, 0) is 21.0 Å². The molecule has 0 saturated heterocycles. The van der Waals surface area contributed by atoms with E-state index in [0.29, 0.717) is 35.3 Å². The van der Waals surface area contributed by atoms with Crippen LogP contribution in [-0.4, -0.2) is 37.7 Å². The average Bonchev–Trinajstić information content (AvgIpc) is 2.91. The van der Waals surface area contributed by atoms with Crippen molar-refractivity contribution < 1.29 is 28.6 Å². The van der Waals surface area contributed by atoms with Gasteiger partial charge in [-0.2, -0.15) is 5.10 Å². The van der Waals surface area contributed by atoms with Gasteiger partial charge < -0.3 is 24.8 Å². The van der Waals surface area contributed by atoms with Crippen LogP contribution in [0.1, 0.15) is 18.9 Å². The molecular formula is C27H28N4O6. The third kappa shape index (κ3) is 8.39. The Morgan fingerprint density at radius 1 is 0.811 bits per heavy atom. The predicted octanol–water partition coefficient (Wildman–Crippen LogP) is 3.74. The van der Waals surface area contributed by atoms with Crippen LogP contribution >= 0.6 is 0 Å². The summed E-state index contributed by atoms with van der Waals surface area (Å²) in [6.45, 7) is 2.00. The molecule has 0 spiro atoms. The molecule has 0 fully saturated rings. The number of carbonyl (C=O) groups excluding carboxylic acids is 3. The number of nitrogens with one attached hydrogen (secondary N) is 3. The van der Waals surface area contributed by atoms with Crippen molar-refractivity contribution in [1.82, 2.24) is 5.43 Å². The molecule has 0 aliphatic carbocycles. The van der Waals surface area contributed by atoms with Crippen LogP contribution in [0.2, 0.25) is 0 Å². The Labute approximate surface area is 214 Å². The van der Waals surface area contributed by atoms with E-state index >= 15 is 0 Å². The van der Waals surface area contributed by atoms with Crippen LogP contribution in [0.3, 0.4) is 0 Å². The molecule has 0 atom stereocenters. The smallest absolute Gasteiger partial charge is 0.329 e. The van der Waals surface area contributed by atoms with E-state index in [4.69, 9.17) is 14.2 Å². The summed E-state index contributed by atoms with van der Waals surface area (Å²) >= 11 is 0. The predicted molar refractivity (Wildman–Crippen MR) is 140 cm³/mol. The fourth-order valence-corrected chi connectivity index (χ4v) is 3.14. The molecule has 0 unspecified atom stereocenters. The summed E-state index contributed by atoms with van der Waals surface area (Å²) < 4.78 is 16.0. The second-order valence-electron chi connectivity index (χ2n) is 7.83. The third-order valence-corrected chi connectivity index (χ3v) is 5.01. The Morgan fingerprint density at radius 3 is 2.19 bits per heavy atom. The first-order chi connectivity index (χ1) is 17.9. The molecule has 0 aromatic heterocycles. The van der Waals surface area contributed by atoms with Crippen molar-refractivity contribution in [2.45, 2.75) is 20.0 Å². The first kappa shape index (κ1) is 26.7. The van der Waals surface area contributed by atoms with Crippen molar-refractivity contribution in [2.24, 2.45) is 5.10 Å². The summed E-state index contributed by atoms with van der Waals surface area (Å²) in [6.07, 6.45) is -0.0855. The van der Waals surface area contributed by atoms with Gasteiger partial charge in [-0.15, -0.1) is 0 Å². The van der Waals surface area contributed by atoms with Crippen LogP contribution in [0.15, 0.2) is 77.9 Å². The molecule has 3 amide bonds. The van der Waals surface area contributed by atoms with Crippen molar-refractivity contribution in [3.63, 3.8) is 0 Å². The zero-order valence-electron chi connectivity index (χ0n) is 20.7. The molecule has 0 aliphatic heterocycles. The van der Waals surface area contributed by atoms with Gasteiger partial charge in [-0.25, -0.2) is 5.43 Å². The first-order valence-electron chi connectivity index (χ1n) is 11.3.